The van der Waals surface area contributed by atoms with Crippen LogP contribution in [0.4, 0.5) is 15.9 Å². The molecule has 2 aromatic rings. The van der Waals surface area contributed by atoms with Crippen molar-refractivity contribution >= 4 is 17.5 Å². The van der Waals surface area contributed by atoms with Crippen LogP contribution in [0.5, 0.6) is 0 Å². The number of carbonyl (C=O) groups is 1. The summed E-state index contributed by atoms with van der Waals surface area (Å²) in [4.78, 5) is 20.8. The minimum Gasteiger partial charge on any atom is -0.481 e. The highest BCUT2D eigenvalue weighted by molar-refractivity contribution is 5.68. The van der Waals surface area contributed by atoms with E-state index in [0.29, 0.717) is 52.1 Å². The molecule has 0 radical (unpaired) electrons. The summed E-state index contributed by atoms with van der Waals surface area (Å²) < 4.78 is 21.3. The molecule has 2 saturated heterocycles. The number of carboxylic acid groups (broad SMARTS) is 1. The third-order valence-electron chi connectivity index (χ3n) is 7.78. The lowest BCUT2D eigenvalue weighted by Gasteiger charge is -2.30. The van der Waals surface area contributed by atoms with Gasteiger partial charge in [-0.05, 0) is 61.4 Å². The quantitative estimate of drug-likeness (QED) is 0.546. The van der Waals surface area contributed by atoms with Gasteiger partial charge in [0.05, 0.1) is 19.6 Å². The van der Waals surface area contributed by atoms with E-state index in [1.165, 1.54) is 5.56 Å². The number of carboxylic acids is 1. The molecular formula is C28H37FN4O3. The monoisotopic (exact) mass is 496 g/mol. The molecule has 3 aliphatic heterocycles. The Hall–Kier alpha value is -2.71. The summed E-state index contributed by atoms with van der Waals surface area (Å²) in [7, 11) is 0. The number of hydrogen-bond acceptors (Lipinski definition) is 6. The van der Waals surface area contributed by atoms with Gasteiger partial charge in [-0.1, -0.05) is 18.2 Å². The van der Waals surface area contributed by atoms with E-state index in [1.807, 2.05) is 18.2 Å². The molecule has 0 saturated carbocycles. The molecule has 0 amide bonds. The first-order valence-electron chi connectivity index (χ1n) is 13.3. The van der Waals surface area contributed by atoms with Crippen LogP contribution < -0.4 is 10.2 Å². The average molecular weight is 497 g/mol. The topological polar surface area (TPSA) is 77.9 Å². The van der Waals surface area contributed by atoms with Gasteiger partial charge in [0.15, 0.2) is 0 Å². The van der Waals surface area contributed by atoms with Crippen LogP contribution in [-0.4, -0.2) is 79.1 Å². The van der Waals surface area contributed by atoms with Crippen LogP contribution in [-0.2, 0) is 22.4 Å². The van der Waals surface area contributed by atoms with Gasteiger partial charge in [0.2, 0.25) is 0 Å². The van der Waals surface area contributed by atoms with Crippen molar-refractivity contribution in [1.82, 2.24) is 9.88 Å². The molecule has 8 heteroatoms. The van der Waals surface area contributed by atoms with Gasteiger partial charge in [0.1, 0.15) is 11.5 Å². The summed E-state index contributed by atoms with van der Waals surface area (Å²) >= 11 is 0. The Morgan fingerprint density at radius 3 is 2.92 bits per heavy atom. The van der Waals surface area contributed by atoms with E-state index in [1.54, 1.807) is 0 Å². The van der Waals surface area contributed by atoms with Gasteiger partial charge in [-0.2, -0.15) is 0 Å². The van der Waals surface area contributed by atoms with E-state index in [2.05, 4.69) is 33.3 Å². The first-order valence-corrected chi connectivity index (χ1v) is 13.3. The van der Waals surface area contributed by atoms with Gasteiger partial charge in [0, 0.05) is 56.6 Å². The number of fused-ring (bicyclic) bond motifs is 1. The van der Waals surface area contributed by atoms with Crippen molar-refractivity contribution < 1.29 is 19.0 Å². The second-order valence-corrected chi connectivity index (χ2v) is 10.5. The number of nitrogens with zero attached hydrogens (tertiary/aromatic N) is 3. The fourth-order valence-electron chi connectivity index (χ4n) is 5.74. The Kier molecular flexibility index (Phi) is 7.72. The van der Waals surface area contributed by atoms with E-state index in [9.17, 15) is 9.90 Å². The first kappa shape index (κ1) is 25.0. The largest absolute Gasteiger partial charge is 0.481 e. The highest BCUT2D eigenvalue weighted by Gasteiger charge is 2.39. The van der Waals surface area contributed by atoms with Crippen LogP contribution in [0.1, 0.15) is 48.4 Å². The van der Waals surface area contributed by atoms with Crippen LogP contribution in [0.15, 0.2) is 36.4 Å². The van der Waals surface area contributed by atoms with Gasteiger partial charge < -0.3 is 20.1 Å². The van der Waals surface area contributed by atoms with Crippen molar-refractivity contribution in [3.8, 4) is 0 Å². The molecule has 2 N–H and O–H groups in total. The highest BCUT2D eigenvalue weighted by Crippen LogP contribution is 2.34. The number of aliphatic carboxylic acids is 1. The number of rotatable bonds is 9. The zero-order valence-corrected chi connectivity index (χ0v) is 20.9. The van der Waals surface area contributed by atoms with Crippen LogP contribution in [0.2, 0.25) is 0 Å². The summed E-state index contributed by atoms with van der Waals surface area (Å²) in [6, 6.07) is 12.3. The van der Waals surface area contributed by atoms with E-state index in [-0.39, 0.29) is 12.3 Å². The molecule has 0 bridgehead atoms. The Morgan fingerprint density at radius 1 is 1.22 bits per heavy atom. The number of benzene rings is 1. The fourth-order valence-corrected chi connectivity index (χ4v) is 5.74. The van der Waals surface area contributed by atoms with E-state index in [0.717, 1.165) is 55.2 Å². The van der Waals surface area contributed by atoms with Crippen LogP contribution in [0.25, 0.3) is 0 Å². The SMILES string of the molecule is O=C(O)C[C@H](CN1CC[C@](F)(CCc2ccc3c(n2)NCCC3)C1)c1cccc(N2CCOCC2)c1. The number of alkyl halides is 1. The Bertz CT molecular complexity index is 1060. The number of halogens is 1. The number of anilines is 2. The van der Waals surface area contributed by atoms with Crippen LogP contribution >= 0.6 is 0 Å². The van der Waals surface area contributed by atoms with Crippen LogP contribution in [0, 0.1) is 0 Å². The fraction of sp³-hybridized carbons (Fsp3) is 0.571. The Labute approximate surface area is 212 Å². The predicted octanol–water partition coefficient (Wildman–Crippen LogP) is 3.88. The number of aromatic nitrogens is 1. The molecule has 1 aromatic heterocycles. The second-order valence-electron chi connectivity index (χ2n) is 10.5. The number of ether oxygens (including phenoxy) is 1. The van der Waals surface area contributed by atoms with Crippen molar-refractivity contribution in [1.29, 1.82) is 0 Å². The van der Waals surface area contributed by atoms with Gasteiger partial charge in [0.25, 0.3) is 0 Å². The number of pyridine rings is 1. The van der Waals surface area contributed by atoms with E-state index >= 15 is 4.39 Å². The number of hydrogen-bond donors (Lipinski definition) is 2. The van der Waals surface area contributed by atoms with Gasteiger partial charge >= 0.3 is 5.97 Å². The lowest BCUT2D eigenvalue weighted by molar-refractivity contribution is -0.137. The third-order valence-corrected chi connectivity index (χ3v) is 7.78. The highest BCUT2D eigenvalue weighted by atomic mass is 19.1. The molecule has 2 fully saturated rings. The molecule has 2 atom stereocenters. The maximum absolute atomic E-state index is 15.8. The summed E-state index contributed by atoms with van der Waals surface area (Å²) in [5, 5.41) is 13.0. The van der Waals surface area contributed by atoms with Gasteiger partial charge in [-0.25, -0.2) is 9.37 Å². The number of aryl methyl sites for hydroxylation is 2. The van der Waals surface area contributed by atoms with Crippen molar-refractivity contribution in [3.63, 3.8) is 0 Å². The molecule has 4 heterocycles. The molecule has 194 valence electrons. The molecule has 5 rings (SSSR count). The zero-order valence-electron chi connectivity index (χ0n) is 20.9. The van der Waals surface area contributed by atoms with E-state index < -0.39 is 11.6 Å². The maximum atomic E-state index is 15.8. The molecule has 1 aromatic carbocycles. The predicted molar refractivity (Wildman–Crippen MR) is 139 cm³/mol. The number of morpholine rings is 1. The standard InChI is InChI=1S/C28H37FN4O3/c29-28(9-8-24-7-6-21-4-2-11-30-27(21)31-24)10-12-32(20-28)19-23(18-26(34)35)22-3-1-5-25(17-22)33-13-15-36-16-14-33/h1,3,5-7,17,23H,2,4,8-16,18-20H2,(H,30,31)(H,34,35)/t23-,28-/m1/s1. The maximum Gasteiger partial charge on any atom is 0.304 e. The lowest BCUT2D eigenvalue weighted by atomic mass is 9.94. The summed E-state index contributed by atoms with van der Waals surface area (Å²) in [5.41, 5.74) is 3.01. The van der Waals surface area contributed by atoms with Gasteiger partial charge in [-0.15, -0.1) is 0 Å². The van der Waals surface area contributed by atoms with Crippen molar-refractivity contribution in [2.24, 2.45) is 0 Å². The molecule has 36 heavy (non-hydrogen) atoms. The smallest absolute Gasteiger partial charge is 0.304 e. The third kappa shape index (κ3) is 6.16. The molecular weight excluding hydrogens is 459 g/mol. The second kappa shape index (κ2) is 11.1. The first-order chi connectivity index (χ1) is 17.5. The Morgan fingerprint density at radius 2 is 2.08 bits per heavy atom. The number of likely N-dealkylation sites (tertiary alicyclic amines) is 1. The lowest BCUT2D eigenvalue weighted by Crippen LogP contribution is -2.36. The summed E-state index contributed by atoms with van der Waals surface area (Å²) in [5.74, 6) is -0.0515. The molecule has 0 aliphatic carbocycles. The van der Waals surface area contributed by atoms with Crippen LogP contribution in [0.3, 0.4) is 0 Å². The molecule has 3 aliphatic rings. The Balaban J connectivity index is 1.21. The van der Waals surface area contributed by atoms with Crippen molar-refractivity contribution in [2.45, 2.75) is 50.1 Å². The van der Waals surface area contributed by atoms with E-state index in [4.69, 9.17) is 9.72 Å². The normalized spacial score (nSPS) is 23.2. The minimum absolute atomic E-state index is 0.0361. The molecule has 0 spiro atoms. The summed E-state index contributed by atoms with van der Waals surface area (Å²) in [6.45, 7) is 5.55. The van der Waals surface area contributed by atoms with Crippen molar-refractivity contribution in [2.75, 3.05) is 62.7 Å². The average Bonchev–Trinajstić information content (AvgIpc) is 3.28. The zero-order chi connectivity index (χ0) is 25.0. The van der Waals surface area contributed by atoms with Crippen molar-refractivity contribution in [3.05, 3.63) is 53.2 Å². The molecule has 0 unspecified atom stereocenters. The summed E-state index contributed by atoms with van der Waals surface area (Å²) in [6.07, 6.45) is 3.73. The van der Waals surface area contributed by atoms with Gasteiger partial charge in [-0.3, -0.25) is 9.69 Å². The molecule has 7 nitrogen and oxygen atoms in total. The number of nitrogens with one attached hydrogen (secondary N) is 1. The minimum atomic E-state index is -1.27.